The molecule has 1 N–H and O–H groups in total. The molecule has 110 valence electrons. The summed E-state index contributed by atoms with van der Waals surface area (Å²) in [4.78, 5) is 26.1. The van der Waals surface area contributed by atoms with E-state index in [9.17, 15) is 20.0 Å². The van der Waals surface area contributed by atoms with E-state index in [1.54, 1.807) is 24.3 Å². The molecule has 2 aromatic carbocycles. The highest BCUT2D eigenvalue weighted by atomic mass is 35.5. The van der Waals surface area contributed by atoms with Gasteiger partial charge in [-0.15, -0.1) is 0 Å². The van der Waals surface area contributed by atoms with Crippen LogP contribution >= 0.6 is 11.6 Å². The van der Waals surface area contributed by atoms with Crippen LogP contribution in [0.15, 0.2) is 47.3 Å². The Morgan fingerprint density at radius 2 is 1.86 bits per heavy atom. The Balaban J connectivity index is 2.37. The van der Waals surface area contributed by atoms with Gasteiger partial charge < -0.3 is 5.11 Å². The molecule has 0 atom stereocenters. The van der Waals surface area contributed by atoms with Crippen molar-refractivity contribution in [1.29, 1.82) is 0 Å². The zero-order chi connectivity index (χ0) is 15.9. The summed E-state index contributed by atoms with van der Waals surface area (Å²) in [5.74, 6) is -0.733. The molecule has 0 radical (unpaired) electrons. The van der Waals surface area contributed by atoms with Crippen LogP contribution in [0.4, 0.5) is 5.69 Å². The van der Waals surface area contributed by atoms with E-state index in [0.29, 0.717) is 16.2 Å². The number of halogens is 1. The number of non-ortho nitro benzene ring substituents is 1. The highest BCUT2D eigenvalue weighted by Gasteiger charge is 2.15. The molecule has 0 amide bonds. The zero-order valence-electron chi connectivity index (χ0n) is 10.9. The van der Waals surface area contributed by atoms with E-state index in [1.807, 2.05) is 0 Å². The Morgan fingerprint density at radius 1 is 1.18 bits per heavy atom. The van der Waals surface area contributed by atoms with E-state index < -0.39 is 16.4 Å². The summed E-state index contributed by atoms with van der Waals surface area (Å²) in [5.41, 5.74) is 0.0484. The van der Waals surface area contributed by atoms with Crippen LogP contribution in [0.2, 0.25) is 5.02 Å². The number of fused-ring (bicyclic) bond motifs is 1. The predicted octanol–water partition coefficient (Wildman–Crippen LogP) is 2.65. The van der Waals surface area contributed by atoms with Gasteiger partial charge in [0.05, 0.1) is 16.0 Å². The van der Waals surface area contributed by atoms with Gasteiger partial charge in [-0.1, -0.05) is 11.6 Å². The normalized spacial score (nSPS) is 10.8. The Bertz CT molecular complexity index is 951. The molecule has 0 aliphatic heterocycles. The number of benzene rings is 2. The lowest BCUT2D eigenvalue weighted by molar-refractivity contribution is -0.384. The first-order chi connectivity index (χ1) is 10.5. The van der Waals surface area contributed by atoms with Crippen molar-refractivity contribution < 1.29 is 10.0 Å². The van der Waals surface area contributed by atoms with Crippen LogP contribution in [0.3, 0.4) is 0 Å². The summed E-state index contributed by atoms with van der Waals surface area (Å²) in [5, 5.41) is 21.0. The van der Waals surface area contributed by atoms with Gasteiger partial charge >= 0.3 is 5.56 Å². The fraction of sp³-hybridized carbons (Fsp3) is 0. The molecule has 1 aromatic heterocycles. The topological polar surface area (TPSA) is 98.3 Å². The minimum atomic E-state index is -0.733. The molecule has 0 bridgehead atoms. The van der Waals surface area contributed by atoms with Crippen LogP contribution in [-0.4, -0.2) is 19.6 Å². The minimum absolute atomic E-state index is 0.140. The number of hydrogen-bond donors (Lipinski definition) is 1. The Hall–Kier alpha value is -2.93. The van der Waals surface area contributed by atoms with Crippen molar-refractivity contribution in [3.05, 3.63) is 68.0 Å². The molecule has 3 rings (SSSR count). The summed E-state index contributed by atoms with van der Waals surface area (Å²) in [6.07, 6.45) is 0. The molecule has 0 spiro atoms. The lowest BCUT2D eigenvalue weighted by Crippen LogP contribution is -2.19. The van der Waals surface area contributed by atoms with E-state index in [4.69, 9.17) is 11.6 Å². The van der Waals surface area contributed by atoms with Crippen molar-refractivity contribution in [2.45, 2.75) is 0 Å². The van der Waals surface area contributed by atoms with Crippen LogP contribution in [0.5, 0.6) is 5.88 Å². The van der Waals surface area contributed by atoms with Crippen LogP contribution in [-0.2, 0) is 0 Å². The molecule has 1 heterocycles. The van der Waals surface area contributed by atoms with Crippen LogP contribution < -0.4 is 5.56 Å². The van der Waals surface area contributed by atoms with Gasteiger partial charge in [-0.2, -0.15) is 0 Å². The van der Waals surface area contributed by atoms with Gasteiger partial charge in [0.25, 0.3) is 11.6 Å². The number of rotatable bonds is 2. The number of hydrogen-bond acceptors (Lipinski definition) is 5. The molecule has 3 aromatic rings. The second-order valence-corrected chi connectivity index (χ2v) is 4.92. The molecule has 0 unspecified atom stereocenters. The maximum Gasteiger partial charge on any atom is 0.318 e. The number of nitro groups is 1. The molecule has 0 fully saturated rings. The number of aromatic hydroxyl groups is 1. The fourth-order valence-electron chi connectivity index (χ4n) is 2.12. The quantitative estimate of drug-likeness (QED) is 0.578. The first-order valence-corrected chi connectivity index (χ1v) is 6.51. The maximum absolute atomic E-state index is 12.2. The SMILES string of the molecule is O=c1c(O)nc2cc([N+](=O)[O-])ccc2n1-c1ccc(Cl)cc1. The fourth-order valence-corrected chi connectivity index (χ4v) is 2.25. The average molecular weight is 318 g/mol. The molecule has 0 saturated heterocycles. The average Bonchev–Trinajstić information content (AvgIpc) is 2.49. The number of aromatic nitrogens is 2. The van der Waals surface area contributed by atoms with E-state index >= 15 is 0 Å². The molecule has 0 aliphatic rings. The molecule has 22 heavy (non-hydrogen) atoms. The molecule has 0 saturated carbocycles. The van der Waals surface area contributed by atoms with Gasteiger partial charge in [-0.05, 0) is 30.3 Å². The lowest BCUT2D eigenvalue weighted by atomic mass is 10.2. The van der Waals surface area contributed by atoms with E-state index in [2.05, 4.69) is 4.98 Å². The Morgan fingerprint density at radius 3 is 2.50 bits per heavy atom. The van der Waals surface area contributed by atoms with Gasteiger partial charge in [-0.3, -0.25) is 19.5 Å². The summed E-state index contributed by atoms with van der Waals surface area (Å²) >= 11 is 5.82. The molecular weight excluding hydrogens is 310 g/mol. The lowest BCUT2D eigenvalue weighted by Gasteiger charge is -2.10. The summed E-state index contributed by atoms with van der Waals surface area (Å²) in [7, 11) is 0. The molecular formula is C14H8ClN3O4. The largest absolute Gasteiger partial charge is 0.489 e. The third-order valence-corrected chi connectivity index (χ3v) is 3.37. The van der Waals surface area contributed by atoms with Crippen molar-refractivity contribution in [3.8, 4) is 11.6 Å². The standard InChI is InChI=1S/C14H8ClN3O4/c15-8-1-3-9(4-2-8)17-12-6-5-10(18(21)22)7-11(12)16-13(19)14(17)20/h1-7H,(H,16,19). The summed E-state index contributed by atoms with van der Waals surface area (Å²) in [6, 6.07) is 10.3. The first-order valence-electron chi connectivity index (χ1n) is 6.13. The van der Waals surface area contributed by atoms with Crippen LogP contribution in [0.25, 0.3) is 16.7 Å². The highest BCUT2D eigenvalue weighted by Crippen LogP contribution is 2.22. The third-order valence-electron chi connectivity index (χ3n) is 3.12. The second kappa shape index (κ2) is 5.12. The molecule has 8 heteroatoms. The second-order valence-electron chi connectivity index (χ2n) is 4.48. The van der Waals surface area contributed by atoms with Gasteiger partial charge in [0.2, 0.25) is 0 Å². The van der Waals surface area contributed by atoms with Crippen molar-refractivity contribution in [3.63, 3.8) is 0 Å². The van der Waals surface area contributed by atoms with Crippen molar-refractivity contribution >= 4 is 28.3 Å². The first kappa shape index (κ1) is 14.0. The van der Waals surface area contributed by atoms with E-state index in [0.717, 1.165) is 0 Å². The smallest absolute Gasteiger partial charge is 0.318 e. The summed E-state index contributed by atoms with van der Waals surface area (Å²) in [6.45, 7) is 0. The monoisotopic (exact) mass is 317 g/mol. The number of nitro benzene ring substituents is 1. The van der Waals surface area contributed by atoms with Crippen molar-refractivity contribution in [2.24, 2.45) is 0 Å². The van der Waals surface area contributed by atoms with Gasteiger partial charge in [-0.25, -0.2) is 4.98 Å². The highest BCUT2D eigenvalue weighted by molar-refractivity contribution is 6.30. The third kappa shape index (κ3) is 2.27. The van der Waals surface area contributed by atoms with Crippen molar-refractivity contribution in [1.82, 2.24) is 9.55 Å². The predicted molar refractivity (Wildman–Crippen MR) is 80.7 cm³/mol. The van der Waals surface area contributed by atoms with E-state index in [-0.39, 0.29) is 11.2 Å². The Kier molecular flexibility index (Phi) is 3.26. The van der Waals surface area contributed by atoms with Crippen molar-refractivity contribution in [2.75, 3.05) is 0 Å². The van der Waals surface area contributed by atoms with E-state index in [1.165, 1.54) is 22.8 Å². The zero-order valence-corrected chi connectivity index (χ0v) is 11.7. The molecule has 0 aliphatic carbocycles. The van der Waals surface area contributed by atoms with Gasteiger partial charge in [0, 0.05) is 22.8 Å². The minimum Gasteiger partial charge on any atom is -0.489 e. The number of nitrogens with zero attached hydrogens (tertiary/aromatic N) is 3. The maximum atomic E-state index is 12.2. The summed E-state index contributed by atoms with van der Waals surface area (Å²) < 4.78 is 1.22. The van der Waals surface area contributed by atoms with Gasteiger partial charge in [0.15, 0.2) is 0 Å². The molecule has 7 nitrogen and oxygen atoms in total. The Labute approximate surface area is 128 Å². The van der Waals surface area contributed by atoms with Crippen LogP contribution in [0.1, 0.15) is 0 Å². The van der Waals surface area contributed by atoms with Crippen LogP contribution in [0, 0.1) is 10.1 Å². The van der Waals surface area contributed by atoms with Gasteiger partial charge in [0.1, 0.15) is 0 Å².